The molecule has 2 aromatic rings. The minimum Gasteiger partial charge on any atom is -0.494 e. The summed E-state index contributed by atoms with van der Waals surface area (Å²) >= 11 is 5.82. The molecule has 0 aromatic heterocycles. The molecule has 2 rings (SSSR count). The molecule has 0 fully saturated rings. The number of rotatable bonds is 9. The summed E-state index contributed by atoms with van der Waals surface area (Å²) in [4.78, 5) is 24.5. The normalized spacial score (nSPS) is 10.5. The molecule has 2 N–H and O–H groups in total. The lowest BCUT2D eigenvalue weighted by atomic mass is 10.1. The number of carbonyl (C=O) groups excluding carboxylic acids is 2. The Hall–Kier alpha value is -2.53. The van der Waals surface area contributed by atoms with E-state index in [1.807, 2.05) is 13.8 Å². The number of amides is 2. The Morgan fingerprint density at radius 2 is 1.78 bits per heavy atom. The van der Waals surface area contributed by atoms with Gasteiger partial charge in [-0.2, -0.15) is 0 Å². The van der Waals surface area contributed by atoms with E-state index in [1.165, 1.54) is 0 Å². The summed E-state index contributed by atoms with van der Waals surface area (Å²) < 4.78 is 5.58. The van der Waals surface area contributed by atoms with E-state index in [2.05, 4.69) is 10.6 Å². The van der Waals surface area contributed by atoms with Crippen molar-refractivity contribution < 1.29 is 14.3 Å². The zero-order valence-electron chi connectivity index (χ0n) is 15.6. The van der Waals surface area contributed by atoms with Gasteiger partial charge in [0, 0.05) is 18.0 Å². The topological polar surface area (TPSA) is 67.4 Å². The molecule has 0 unspecified atom stereocenters. The number of carbonyl (C=O) groups is 2. The van der Waals surface area contributed by atoms with Gasteiger partial charge in [-0.05, 0) is 48.7 Å². The molecule has 27 heavy (non-hydrogen) atoms. The van der Waals surface area contributed by atoms with Crippen molar-refractivity contribution in [2.24, 2.45) is 5.92 Å². The van der Waals surface area contributed by atoms with Crippen molar-refractivity contribution in [2.75, 3.05) is 18.5 Å². The van der Waals surface area contributed by atoms with Gasteiger partial charge >= 0.3 is 0 Å². The van der Waals surface area contributed by atoms with Gasteiger partial charge in [0.2, 0.25) is 5.91 Å². The number of anilines is 1. The summed E-state index contributed by atoms with van der Waals surface area (Å²) in [6.07, 6.45) is 0.867. The van der Waals surface area contributed by atoms with Crippen molar-refractivity contribution in [1.82, 2.24) is 5.32 Å². The Morgan fingerprint density at radius 3 is 2.48 bits per heavy atom. The maximum absolute atomic E-state index is 12.3. The molecule has 0 saturated heterocycles. The number of hydrogen-bond acceptors (Lipinski definition) is 3. The predicted octanol–water partition coefficient (Wildman–Crippen LogP) is 4.52. The van der Waals surface area contributed by atoms with E-state index >= 15 is 0 Å². The minimum absolute atomic E-state index is 0.154. The number of hydrogen-bond donors (Lipinski definition) is 2. The summed E-state index contributed by atoms with van der Waals surface area (Å²) in [6.45, 7) is 5.06. The second-order valence-electron chi connectivity index (χ2n) is 6.60. The lowest BCUT2D eigenvalue weighted by Crippen LogP contribution is -2.28. The molecule has 2 aromatic carbocycles. The Kier molecular flexibility index (Phi) is 8.14. The van der Waals surface area contributed by atoms with Crippen LogP contribution in [0.15, 0.2) is 48.5 Å². The Bertz CT molecular complexity index is 760. The third kappa shape index (κ3) is 7.31. The summed E-state index contributed by atoms with van der Waals surface area (Å²) in [5.74, 6) is 0.729. The minimum atomic E-state index is -0.189. The summed E-state index contributed by atoms with van der Waals surface area (Å²) in [5, 5.41) is 6.33. The van der Waals surface area contributed by atoms with E-state index in [4.69, 9.17) is 16.3 Å². The molecule has 6 heteroatoms. The van der Waals surface area contributed by atoms with Crippen LogP contribution >= 0.6 is 11.6 Å². The zero-order valence-corrected chi connectivity index (χ0v) is 16.4. The van der Waals surface area contributed by atoms with Crippen LogP contribution in [0.5, 0.6) is 5.75 Å². The fraction of sp³-hybridized carbons (Fsp3) is 0.333. The molecule has 0 bridgehead atoms. The van der Waals surface area contributed by atoms with Gasteiger partial charge in [-0.1, -0.05) is 37.6 Å². The van der Waals surface area contributed by atoms with Crippen LogP contribution in [-0.4, -0.2) is 25.0 Å². The van der Waals surface area contributed by atoms with Crippen molar-refractivity contribution in [3.63, 3.8) is 0 Å². The molecular formula is C21H25ClN2O3. The fourth-order valence-electron chi connectivity index (χ4n) is 2.35. The molecule has 2 amide bonds. The molecule has 0 aliphatic heterocycles. The zero-order chi connectivity index (χ0) is 19.6. The maximum atomic E-state index is 12.3. The smallest absolute Gasteiger partial charge is 0.253 e. The van der Waals surface area contributed by atoms with E-state index in [9.17, 15) is 9.59 Å². The van der Waals surface area contributed by atoms with Crippen LogP contribution in [-0.2, 0) is 4.79 Å². The fourth-order valence-corrected chi connectivity index (χ4v) is 2.47. The maximum Gasteiger partial charge on any atom is 0.253 e. The van der Waals surface area contributed by atoms with Gasteiger partial charge in [-0.3, -0.25) is 9.59 Å². The quantitative estimate of drug-likeness (QED) is 0.620. The molecule has 5 nitrogen and oxygen atoms in total. The van der Waals surface area contributed by atoms with Crippen LogP contribution in [0, 0.1) is 5.92 Å². The second kappa shape index (κ2) is 10.6. The molecule has 0 spiro atoms. The SMILES string of the molecule is CC(C)CNC(=O)c1ccccc1NC(=O)CCCOc1ccc(Cl)cc1. The number of ether oxygens (including phenoxy) is 1. The van der Waals surface area contributed by atoms with Crippen molar-refractivity contribution in [3.05, 3.63) is 59.1 Å². The van der Waals surface area contributed by atoms with Crippen molar-refractivity contribution in [3.8, 4) is 5.75 Å². The number of nitrogens with one attached hydrogen (secondary N) is 2. The van der Waals surface area contributed by atoms with Gasteiger partial charge in [0.05, 0.1) is 17.9 Å². The predicted molar refractivity (Wildman–Crippen MR) is 108 cm³/mol. The molecule has 0 aliphatic rings. The summed E-state index contributed by atoms with van der Waals surface area (Å²) in [6, 6.07) is 14.1. The average Bonchev–Trinajstić information content (AvgIpc) is 2.65. The highest BCUT2D eigenvalue weighted by Gasteiger charge is 2.13. The Labute approximate surface area is 165 Å². The van der Waals surface area contributed by atoms with Crippen LogP contribution in [0.3, 0.4) is 0 Å². The van der Waals surface area contributed by atoms with Gasteiger partial charge in [-0.25, -0.2) is 0 Å². The standard InChI is InChI=1S/C21H25ClN2O3/c1-15(2)14-23-21(26)18-6-3-4-7-19(18)24-20(25)8-5-13-27-17-11-9-16(22)10-12-17/h3-4,6-7,9-12,15H,5,8,13-14H2,1-2H3,(H,23,26)(H,24,25). The van der Waals surface area contributed by atoms with Crippen LogP contribution < -0.4 is 15.4 Å². The highest BCUT2D eigenvalue weighted by Crippen LogP contribution is 2.17. The van der Waals surface area contributed by atoms with Crippen LogP contribution in [0.1, 0.15) is 37.0 Å². The highest BCUT2D eigenvalue weighted by molar-refractivity contribution is 6.30. The van der Waals surface area contributed by atoms with Gasteiger partial charge < -0.3 is 15.4 Å². The Morgan fingerprint density at radius 1 is 1.07 bits per heavy atom. The third-order valence-electron chi connectivity index (χ3n) is 3.75. The van der Waals surface area contributed by atoms with E-state index in [1.54, 1.807) is 48.5 Å². The summed E-state index contributed by atoms with van der Waals surface area (Å²) in [7, 11) is 0. The number of halogens is 1. The highest BCUT2D eigenvalue weighted by atomic mass is 35.5. The molecular weight excluding hydrogens is 364 g/mol. The monoisotopic (exact) mass is 388 g/mol. The van der Waals surface area contributed by atoms with Gasteiger partial charge in [0.1, 0.15) is 5.75 Å². The third-order valence-corrected chi connectivity index (χ3v) is 4.00. The lowest BCUT2D eigenvalue weighted by Gasteiger charge is -2.12. The van der Waals surface area contributed by atoms with Gasteiger partial charge in [-0.15, -0.1) is 0 Å². The molecule has 144 valence electrons. The van der Waals surface area contributed by atoms with Crippen LogP contribution in [0.4, 0.5) is 5.69 Å². The van der Waals surface area contributed by atoms with E-state index < -0.39 is 0 Å². The lowest BCUT2D eigenvalue weighted by molar-refractivity contribution is -0.116. The molecule has 0 saturated carbocycles. The molecule has 0 heterocycles. The average molecular weight is 389 g/mol. The number of para-hydroxylation sites is 1. The van der Waals surface area contributed by atoms with Crippen molar-refractivity contribution in [1.29, 1.82) is 0 Å². The number of benzene rings is 2. The molecule has 0 atom stereocenters. The summed E-state index contributed by atoms with van der Waals surface area (Å²) in [5.41, 5.74) is 0.978. The van der Waals surface area contributed by atoms with Crippen molar-refractivity contribution >= 4 is 29.1 Å². The van der Waals surface area contributed by atoms with Gasteiger partial charge in [0.15, 0.2) is 0 Å². The largest absolute Gasteiger partial charge is 0.494 e. The molecule has 0 radical (unpaired) electrons. The van der Waals surface area contributed by atoms with Gasteiger partial charge in [0.25, 0.3) is 5.91 Å². The first-order chi connectivity index (χ1) is 13.0. The first-order valence-electron chi connectivity index (χ1n) is 9.01. The van der Waals surface area contributed by atoms with E-state index in [0.29, 0.717) is 53.9 Å². The first kappa shape index (κ1) is 20.8. The van der Waals surface area contributed by atoms with E-state index in [-0.39, 0.29) is 11.8 Å². The second-order valence-corrected chi connectivity index (χ2v) is 7.04. The van der Waals surface area contributed by atoms with E-state index in [0.717, 1.165) is 0 Å². The van der Waals surface area contributed by atoms with Crippen LogP contribution in [0.2, 0.25) is 5.02 Å². The molecule has 0 aliphatic carbocycles. The first-order valence-corrected chi connectivity index (χ1v) is 9.39. The van der Waals surface area contributed by atoms with Crippen molar-refractivity contribution in [2.45, 2.75) is 26.7 Å². The Balaban J connectivity index is 1.81. The van der Waals surface area contributed by atoms with Crippen LogP contribution in [0.25, 0.3) is 0 Å².